The summed E-state index contributed by atoms with van der Waals surface area (Å²) in [6.45, 7) is 11.6. The Morgan fingerprint density at radius 1 is 0.881 bits per heavy atom. The number of ether oxygens (including phenoxy) is 1. The van der Waals surface area contributed by atoms with Gasteiger partial charge in [-0.05, 0) is 118 Å². The summed E-state index contributed by atoms with van der Waals surface area (Å²) < 4.78 is 6.59. The Morgan fingerprint density at radius 3 is 2.29 bits per heavy atom. The van der Waals surface area contributed by atoms with E-state index in [0.29, 0.717) is 36.6 Å². The predicted octanol–water partition coefficient (Wildman–Crippen LogP) is 9.80. The third-order valence-electron chi connectivity index (χ3n) is 10.1. The lowest BCUT2D eigenvalue weighted by Gasteiger charge is -2.24. The fourth-order valence-electron chi connectivity index (χ4n) is 6.75. The van der Waals surface area contributed by atoms with Gasteiger partial charge in [0.1, 0.15) is 11.8 Å². The van der Waals surface area contributed by atoms with Gasteiger partial charge < -0.3 is 30.7 Å². The minimum absolute atomic E-state index is 0.0126. The molecule has 1 unspecified atom stereocenters. The Morgan fingerprint density at radius 2 is 1.63 bits per heavy atom. The Bertz CT molecular complexity index is 2070. The van der Waals surface area contributed by atoms with Crippen LogP contribution in [0.3, 0.4) is 0 Å². The second-order valence-electron chi connectivity index (χ2n) is 14.7. The molecule has 1 aliphatic rings. The molecule has 0 radical (unpaired) electrons. The summed E-state index contributed by atoms with van der Waals surface area (Å²) in [4.78, 5) is 47.9. The summed E-state index contributed by atoms with van der Waals surface area (Å²) >= 11 is 6.16. The predicted molar refractivity (Wildman–Crippen MR) is 238 cm³/mol. The molecule has 1 aliphatic carbocycles. The van der Waals surface area contributed by atoms with Gasteiger partial charge in [0.15, 0.2) is 6.10 Å². The third kappa shape index (κ3) is 13.8. The van der Waals surface area contributed by atoms with Crippen LogP contribution in [-0.2, 0) is 22.4 Å². The number of aliphatic imine (C=N–C) groups is 1. The van der Waals surface area contributed by atoms with Crippen molar-refractivity contribution in [3.63, 3.8) is 0 Å². The SMILES string of the molecule is CCCCCc1ccc(OC(CCCC)C(=O)NC2=CC(=O)C(NC(=O)Nc3ccc(C#N)c(Cl)c3)=CC2=Nc2ccc(N(CC)CCO)cc2C)c(CCCCC)c1. The van der Waals surface area contributed by atoms with Gasteiger partial charge in [-0.3, -0.25) is 9.59 Å². The molecule has 4 rings (SSSR count). The second-order valence-corrected chi connectivity index (χ2v) is 15.1. The van der Waals surface area contributed by atoms with Crippen molar-refractivity contribution in [3.8, 4) is 11.8 Å². The van der Waals surface area contributed by atoms with E-state index in [4.69, 9.17) is 21.3 Å². The average molecular weight is 823 g/mol. The summed E-state index contributed by atoms with van der Waals surface area (Å²) in [5.41, 5.74) is 5.62. The molecule has 0 spiro atoms. The Kier molecular flexibility index (Phi) is 18.7. The van der Waals surface area contributed by atoms with Gasteiger partial charge in [-0.25, -0.2) is 9.79 Å². The van der Waals surface area contributed by atoms with E-state index in [-0.39, 0.29) is 34.3 Å². The molecule has 3 aromatic carbocycles. The first kappa shape index (κ1) is 46.3. The van der Waals surface area contributed by atoms with Gasteiger partial charge in [0.25, 0.3) is 5.91 Å². The first-order valence-corrected chi connectivity index (χ1v) is 21.3. The number of likely N-dealkylation sites (N-methyl/N-ethyl adjacent to an activating group) is 1. The molecule has 59 heavy (non-hydrogen) atoms. The summed E-state index contributed by atoms with van der Waals surface area (Å²) in [5.74, 6) is -0.269. The maximum Gasteiger partial charge on any atom is 0.323 e. The number of nitrogens with one attached hydrogen (secondary N) is 3. The number of unbranched alkanes of at least 4 members (excludes halogenated alkanes) is 5. The number of halogens is 1. The number of anilines is 2. The molecule has 0 aliphatic heterocycles. The smallest absolute Gasteiger partial charge is 0.323 e. The number of allylic oxidation sites excluding steroid dienone is 2. The molecule has 0 fully saturated rings. The van der Waals surface area contributed by atoms with E-state index in [0.717, 1.165) is 74.6 Å². The van der Waals surface area contributed by atoms with Crippen molar-refractivity contribution in [2.45, 2.75) is 111 Å². The van der Waals surface area contributed by atoms with Gasteiger partial charge in [0.2, 0.25) is 5.78 Å². The Balaban J connectivity index is 1.67. The molecular weight excluding hydrogens is 764 g/mol. The number of benzene rings is 3. The van der Waals surface area contributed by atoms with E-state index >= 15 is 0 Å². The number of aliphatic hydroxyl groups is 1. The van der Waals surface area contributed by atoms with E-state index in [2.05, 4.69) is 48.9 Å². The molecule has 4 N–H and O–H groups in total. The van der Waals surface area contributed by atoms with E-state index in [1.807, 2.05) is 49.1 Å². The van der Waals surface area contributed by atoms with E-state index in [9.17, 15) is 24.8 Å². The number of urea groups is 1. The number of amides is 3. The second kappa shape index (κ2) is 23.8. The van der Waals surface area contributed by atoms with Gasteiger partial charge in [-0.1, -0.05) is 76.6 Å². The topological polar surface area (TPSA) is 156 Å². The lowest BCUT2D eigenvalue weighted by molar-refractivity contribution is -0.127. The number of rotatable bonds is 22. The molecular formula is C47H59ClN6O5. The summed E-state index contributed by atoms with van der Waals surface area (Å²) in [6.07, 6.45) is 12.4. The molecule has 1 atom stereocenters. The number of hydrogen-bond acceptors (Lipinski definition) is 8. The van der Waals surface area contributed by atoms with Crippen LogP contribution in [0.15, 0.2) is 83.1 Å². The van der Waals surface area contributed by atoms with Crippen LogP contribution in [0.4, 0.5) is 21.9 Å². The number of carbonyl (C=O) groups is 3. The highest BCUT2D eigenvalue weighted by atomic mass is 35.5. The van der Waals surface area contributed by atoms with Crippen LogP contribution in [0.2, 0.25) is 5.02 Å². The summed E-state index contributed by atoms with van der Waals surface area (Å²) in [6, 6.07) is 17.7. The van der Waals surface area contributed by atoms with Crippen molar-refractivity contribution in [2.24, 2.45) is 4.99 Å². The molecule has 0 aromatic heterocycles. The van der Waals surface area contributed by atoms with Gasteiger partial charge in [0, 0.05) is 30.5 Å². The zero-order valence-electron chi connectivity index (χ0n) is 35.1. The molecule has 0 bridgehead atoms. The third-order valence-corrected chi connectivity index (χ3v) is 10.4. The lowest BCUT2D eigenvalue weighted by atomic mass is 10.00. The van der Waals surface area contributed by atoms with Crippen LogP contribution in [0, 0.1) is 18.3 Å². The van der Waals surface area contributed by atoms with Crippen LogP contribution in [0.1, 0.15) is 108 Å². The standard InChI is InChI=1S/C47H59ClN6O5/c1-6-10-13-15-33-18-23-44(34(27-33)16-14-11-7-2)59-45(17-12-8-3)46(57)52-41-30-43(56)42(53-47(58)50-36-20-19-35(31-49)38(48)28-36)29-40(41)51-39-22-21-37(26-32(39)5)54(9-4)24-25-55/h18-23,26-30,45,55H,6-17,24-25H2,1-5H3,(H,52,57)(H2,50,53,58). The Labute approximate surface area is 354 Å². The zero-order valence-corrected chi connectivity index (χ0v) is 35.9. The number of aliphatic hydroxyl groups excluding tert-OH is 1. The minimum Gasteiger partial charge on any atom is -0.480 e. The van der Waals surface area contributed by atoms with Crippen molar-refractivity contribution >= 4 is 52.1 Å². The highest BCUT2D eigenvalue weighted by Gasteiger charge is 2.27. The van der Waals surface area contributed by atoms with E-state index in [1.54, 1.807) is 0 Å². The number of carbonyl (C=O) groups excluding carboxylic acids is 3. The van der Waals surface area contributed by atoms with Crippen LogP contribution >= 0.6 is 11.6 Å². The van der Waals surface area contributed by atoms with Crippen molar-refractivity contribution in [1.82, 2.24) is 10.6 Å². The Hall–Kier alpha value is -5.44. The largest absolute Gasteiger partial charge is 0.480 e. The molecule has 3 amide bonds. The van der Waals surface area contributed by atoms with Gasteiger partial charge in [-0.15, -0.1) is 0 Å². The van der Waals surface area contributed by atoms with Gasteiger partial charge in [-0.2, -0.15) is 5.26 Å². The summed E-state index contributed by atoms with van der Waals surface area (Å²) in [7, 11) is 0. The quantitative estimate of drug-likeness (QED) is 0.0581. The first-order chi connectivity index (χ1) is 28.5. The highest BCUT2D eigenvalue weighted by Crippen LogP contribution is 2.29. The maximum absolute atomic E-state index is 14.3. The van der Waals surface area contributed by atoms with Crippen molar-refractivity contribution < 1.29 is 24.2 Å². The van der Waals surface area contributed by atoms with Crippen molar-refractivity contribution in [1.29, 1.82) is 5.26 Å². The zero-order chi connectivity index (χ0) is 42.7. The van der Waals surface area contributed by atoms with Gasteiger partial charge in [0.05, 0.1) is 40.0 Å². The average Bonchev–Trinajstić information content (AvgIpc) is 3.21. The maximum atomic E-state index is 14.3. The molecule has 0 heterocycles. The van der Waals surface area contributed by atoms with Gasteiger partial charge >= 0.3 is 6.03 Å². The highest BCUT2D eigenvalue weighted by molar-refractivity contribution is 6.32. The van der Waals surface area contributed by atoms with Crippen LogP contribution in [0.25, 0.3) is 0 Å². The monoisotopic (exact) mass is 822 g/mol. The number of nitrogens with zero attached hydrogens (tertiary/aromatic N) is 3. The molecule has 11 nitrogen and oxygen atoms in total. The van der Waals surface area contributed by atoms with E-state index < -0.39 is 23.8 Å². The normalized spacial score (nSPS) is 13.6. The fraction of sp³-hybridized carbons (Fsp3) is 0.426. The van der Waals surface area contributed by atoms with Crippen LogP contribution in [-0.4, -0.2) is 54.3 Å². The molecule has 0 saturated carbocycles. The molecule has 0 saturated heterocycles. The minimum atomic E-state index is -0.843. The molecule has 3 aromatic rings. The van der Waals surface area contributed by atoms with Crippen molar-refractivity contribution in [3.05, 3.63) is 105 Å². The molecule has 314 valence electrons. The van der Waals surface area contributed by atoms with E-state index in [1.165, 1.54) is 42.3 Å². The van der Waals surface area contributed by atoms with Crippen LogP contribution < -0.4 is 25.6 Å². The number of aryl methyl sites for hydroxylation is 3. The number of hydrogen-bond donors (Lipinski definition) is 4. The first-order valence-electron chi connectivity index (χ1n) is 20.9. The molecule has 12 heteroatoms. The number of nitriles is 1. The van der Waals surface area contributed by atoms with Crippen LogP contribution in [0.5, 0.6) is 5.75 Å². The van der Waals surface area contributed by atoms with Crippen molar-refractivity contribution in [2.75, 3.05) is 29.9 Å². The summed E-state index contributed by atoms with van der Waals surface area (Å²) in [5, 5.41) is 27.2. The lowest BCUT2D eigenvalue weighted by Crippen LogP contribution is -2.41. The number of ketones is 1. The fourth-order valence-corrected chi connectivity index (χ4v) is 6.97.